The van der Waals surface area contributed by atoms with Gasteiger partial charge in [-0.2, -0.15) is 0 Å². The molecule has 2 atom stereocenters. The molecule has 1 heterocycles. The minimum Gasteiger partial charge on any atom is -0.368 e. The quantitative estimate of drug-likeness (QED) is 0.879. The van der Waals surface area contributed by atoms with Gasteiger partial charge in [0.25, 0.3) is 5.91 Å². The van der Waals surface area contributed by atoms with E-state index < -0.39 is 11.9 Å². The second kappa shape index (κ2) is 6.35. The number of aromatic nitrogens is 1. The van der Waals surface area contributed by atoms with Crippen LogP contribution in [-0.4, -0.2) is 22.8 Å². The molecule has 1 aromatic heterocycles. The molecular formula is C16H19N3O2. The van der Waals surface area contributed by atoms with Crippen molar-refractivity contribution in [2.75, 3.05) is 0 Å². The summed E-state index contributed by atoms with van der Waals surface area (Å²) in [5.41, 5.74) is 6.62. The van der Waals surface area contributed by atoms with Crippen LogP contribution < -0.4 is 11.1 Å². The Morgan fingerprint density at radius 1 is 1.29 bits per heavy atom. The maximum Gasteiger partial charge on any atom is 0.252 e. The average molecular weight is 285 g/mol. The number of carbonyl (C=O) groups excluding carboxylic acids is 2. The van der Waals surface area contributed by atoms with Gasteiger partial charge in [-0.15, -0.1) is 0 Å². The van der Waals surface area contributed by atoms with Crippen LogP contribution in [-0.2, 0) is 4.79 Å². The van der Waals surface area contributed by atoms with Crippen molar-refractivity contribution in [1.82, 2.24) is 10.3 Å². The lowest BCUT2D eigenvalue weighted by Gasteiger charge is -2.21. The predicted molar refractivity (Wildman–Crippen MR) is 81.6 cm³/mol. The van der Waals surface area contributed by atoms with Gasteiger partial charge in [0.2, 0.25) is 5.91 Å². The van der Waals surface area contributed by atoms with Crippen molar-refractivity contribution in [2.45, 2.75) is 26.3 Å². The number of benzene rings is 1. The Morgan fingerprint density at radius 2 is 2.00 bits per heavy atom. The molecule has 0 aliphatic rings. The minimum atomic E-state index is -0.672. The van der Waals surface area contributed by atoms with E-state index in [1.165, 1.54) is 0 Å². The summed E-state index contributed by atoms with van der Waals surface area (Å²) in [7, 11) is 0. The highest BCUT2D eigenvalue weighted by molar-refractivity contribution is 6.07. The molecule has 0 saturated heterocycles. The number of primary amides is 1. The number of hydrogen-bond donors (Lipinski definition) is 2. The Hall–Kier alpha value is -2.43. The van der Waals surface area contributed by atoms with Gasteiger partial charge in [0.15, 0.2) is 0 Å². The molecule has 2 amide bonds. The van der Waals surface area contributed by atoms with Gasteiger partial charge in [-0.1, -0.05) is 38.5 Å². The third kappa shape index (κ3) is 3.18. The second-order valence-electron chi connectivity index (χ2n) is 5.11. The number of carbonyl (C=O) groups is 2. The van der Waals surface area contributed by atoms with Gasteiger partial charge < -0.3 is 11.1 Å². The van der Waals surface area contributed by atoms with Crippen LogP contribution in [0, 0.1) is 5.92 Å². The van der Waals surface area contributed by atoms with Crippen LogP contribution in [0.15, 0.2) is 36.5 Å². The third-order valence-corrected chi connectivity index (χ3v) is 3.70. The molecule has 0 fully saturated rings. The smallest absolute Gasteiger partial charge is 0.252 e. The van der Waals surface area contributed by atoms with Gasteiger partial charge in [0, 0.05) is 11.6 Å². The number of fused-ring (bicyclic) bond motifs is 1. The minimum absolute atomic E-state index is 0.0143. The molecule has 0 saturated carbocycles. The summed E-state index contributed by atoms with van der Waals surface area (Å²) >= 11 is 0. The van der Waals surface area contributed by atoms with E-state index in [-0.39, 0.29) is 11.8 Å². The summed E-state index contributed by atoms with van der Waals surface area (Å²) < 4.78 is 0. The molecule has 5 nitrogen and oxygen atoms in total. The zero-order valence-electron chi connectivity index (χ0n) is 12.2. The Balaban J connectivity index is 2.32. The van der Waals surface area contributed by atoms with Crippen LogP contribution in [0.25, 0.3) is 10.9 Å². The predicted octanol–water partition coefficient (Wildman–Crippen LogP) is 1.86. The van der Waals surface area contributed by atoms with Crippen LogP contribution >= 0.6 is 0 Å². The average Bonchev–Trinajstić information content (AvgIpc) is 2.50. The van der Waals surface area contributed by atoms with E-state index >= 15 is 0 Å². The Morgan fingerprint density at radius 3 is 2.67 bits per heavy atom. The summed E-state index contributed by atoms with van der Waals surface area (Å²) in [6.07, 6.45) is 2.34. The normalized spacial score (nSPS) is 13.6. The SMILES string of the molecule is CC[C@@H](C)[C@@H](NC(=O)c1ccnc2ccccc12)C(N)=O. The fourth-order valence-electron chi connectivity index (χ4n) is 2.24. The third-order valence-electron chi connectivity index (χ3n) is 3.70. The number of hydrogen-bond acceptors (Lipinski definition) is 3. The molecule has 0 aliphatic heterocycles. The molecule has 0 bridgehead atoms. The van der Waals surface area contributed by atoms with Crippen LogP contribution in [0.2, 0.25) is 0 Å². The van der Waals surface area contributed by atoms with Crippen molar-refractivity contribution in [3.63, 3.8) is 0 Å². The Labute approximate surface area is 123 Å². The van der Waals surface area contributed by atoms with E-state index in [0.717, 1.165) is 17.3 Å². The number of rotatable bonds is 5. The summed E-state index contributed by atoms with van der Waals surface area (Å²) in [5, 5.41) is 3.49. The molecule has 2 aromatic rings. The molecular weight excluding hydrogens is 266 g/mol. The largest absolute Gasteiger partial charge is 0.368 e. The van der Waals surface area contributed by atoms with Crippen molar-refractivity contribution < 1.29 is 9.59 Å². The first-order chi connectivity index (χ1) is 10.0. The van der Waals surface area contributed by atoms with Crippen molar-refractivity contribution >= 4 is 22.7 Å². The topological polar surface area (TPSA) is 85.1 Å². The summed E-state index contributed by atoms with van der Waals surface area (Å²) in [4.78, 5) is 28.2. The van der Waals surface area contributed by atoms with Gasteiger partial charge >= 0.3 is 0 Å². The maximum absolute atomic E-state index is 12.4. The lowest BCUT2D eigenvalue weighted by molar-refractivity contribution is -0.120. The summed E-state index contributed by atoms with van der Waals surface area (Å²) in [6, 6.07) is 8.36. The Kier molecular flexibility index (Phi) is 4.52. The van der Waals surface area contributed by atoms with Gasteiger partial charge in [0.1, 0.15) is 6.04 Å². The van der Waals surface area contributed by atoms with Gasteiger partial charge in [-0.05, 0) is 18.1 Å². The van der Waals surface area contributed by atoms with Crippen LogP contribution in [0.5, 0.6) is 0 Å². The molecule has 0 radical (unpaired) electrons. The fourth-order valence-corrected chi connectivity index (χ4v) is 2.24. The standard InChI is InChI=1S/C16H19N3O2/c1-3-10(2)14(15(17)20)19-16(21)12-8-9-18-13-7-5-4-6-11(12)13/h4-10,14H,3H2,1-2H3,(H2,17,20)(H,19,21)/t10-,14-/m1/s1. The van der Waals surface area contributed by atoms with E-state index in [1.54, 1.807) is 12.3 Å². The summed E-state index contributed by atoms with van der Waals surface area (Å²) in [5.74, 6) is -0.840. The first-order valence-electron chi connectivity index (χ1n) is 6.98. The van der Waals surface area contributed by atoms with Gasteiger partial charge in [-0.25, -0.2) is 0 Å². The number of nitrogens with zero attached hydrogens (tertiary/aromatic N) is 1. The van der Waals surface area contributed by atoms with Gasteiger partial charge in [-0.3, -0.25) is 14.6 Å². The van der Waals surface area contributed by atoms with Crippen molar-refractivity contribution in [3.05, 3.63) is 42.1 Å². The van der Waals surface area contributed by atoms with Crippen LogP contribution in [0.3, 0.4) is 0 Å². The first kappa shape index (κ1) is 15.0. The number of nitrogens with one attached hydrogen (secondary N) is 1. The maximum atomic E-state index is 12.4. The molecule has 21 heavy (non-hydrogen) atoms. The highest BCUT2D eigenvalue weighted by Gasteiger charge is 2.24. The molecule has 0 spiro atoms. The van der Waals surface area contributed by atoms with E-state index in [0.29, 0.717) is 5.56 Å². The number of amides is 2. The zero-order chi connectivity index (χ0) is 15.4. The zero-order valence-corrected chi connectivity index (χ0v) is 12.2. The van der Waals surface area contributed by atoms with Crippen LogP contribution in [0.4, 0.5) is 0 Å². The van der Waals surface area contributed by atoms with E-state index in [1.807, 2.05) is 38.1 Å². The molecule has 0 aliphatic carbocycles. The molecule has 2 rings (SSSR count). The van der Waals surface area contributed by atoms with Crippen molar-refractivity contribution in [2.24, 2.45) is 11.7 Å². The molecule has 1 aromatic carbocycles. The highest BCUT2D eigenvalue weighted by Crippen LogP contribution is 2.17. The molecule has 3 N–H and O–H groups in total. The monoisotopic (exact) mass is 285 g/mol. The first-order valence-corrected chi connectivity index (χ1v) is 6.98. The summed E-state index contributed by atoms with van der Waals surface area (Å²) in [6.45, 7) is 3.84. The number of nitrogens with two attached hydrogens (primary N) is 1. The second-order valence-corrected chi connectivity index (χ2v) is 5.11. The Bertz CT molecular complexity index is 664. The molecule has 0 unspecified atom stereocenters. The van der Waals surface area contributed by atoms with E-state index in [4.69, 9.17) is 5.73 Å². The van der Waals surface area contributed by atoms with Gasteiger partial charge in [0.05, 0.1) is 11.1 Å². The molecule has 5 heteroatoms. The van der Waals surface area contributed by atoms with E-state index in [9.17, 15) is 9.59 Å². The van der Waals surface area contributed by atoms with E-state index in [2.05, 4.69) is 10.3 Å². The molecule has 110 valence electrons. The highest BCUT2D eigenvalue weighted by atomic mass is 16.2. The number of para-hydroxylation sites is 1. The lowest BCUT2D eigenvalue weighted by atomic mass is 9.98. The lowest BCUT2D eigenvalue weighted by Crippen LogP contribution is -2.48. The fraction of sp³-hybridized carbons (Fsp3) is 0.312. The van der Waals surface area contributed by atoms with Crippen LogP contribution in [0.1, 0.15) is 30.6 Å². The van der Waals surface area contributed by atoms with Crippen molar-refractivity contribution in [3.8, 4) is 0 Å². The van der Waals surface area contributed by atoms with Crippen molar-refractivity contribution in [1.29, 1.82) is 0 Å². The number of pyridine rings is 1.